The van der Waals surface area contributed by atoms with Crippen LogP contribution in [0.2, 0.25) is 0 Å². The van der Waals surface area contributed by atoms with Gasteiger partial charge in [-0.3, -0.25) is 14.5 Å². The molecular formula is C18H29N3O3. The molecule has 0 aliphatic carbocycles. The van der Waals surface area contributed by atoms with E-state index in [1.807, 2.05) is 13.8 Å². The van der Waals surface area contributed by atoms with E-state index in [1.165, 1.54) is 6.92 Å². The van der Waals surface area contributed by atoms with Crippen LogP contribution in [0.1, 0.15) is 59.8 Å². The van der Waals surface area contributed by atoms with Gasteiger partial charge < -0.3 is 15.0 Å². The van der Waals surface area contributed by atoms with Gasteiger partial charge in [0.1, 0.15) is 5.69 Å². The average Bonchev–Trinajstić information content (AvgIpc) is 2.78. The molecule has 0 bridgehead atoms. The molecule has 1 saturated heterocycles. The number of aromatic nitrogens is 1. The van der Waals surface area contributed by atoms with Crippen LogP contribution in [0, 0.1) is 13.8 Å². The second-order valence-electron chi connectivity index (χ2n) is 6.95. The van der Waals surface area contributed by atoms with E-state index in [1.54, 1.807) is 0 Å². The minimum atomic E-state index is -0.163. The smallest absolute Gasteiger partial charge is 0.268 e. The van der Waals surface area contributed by atoms with Gasteiger partial charge in [0.25, 0.3) is 5.91 Å². The molecular weight excluding hydrogens is 306 g/mol. The molecule has 0 aromatic carbocycles. The van der Waals surface area contributed by atoms with Gasteiger partial charge in [0.05, 0.1) is 12.2 Å². The third-order valence-corrected chi connectivity index (χ3v) is 4.65. The fourth-order valence-electron chi connectivity index (χ4n) is 3.54. The van der Waals surface area contributed by atoms with Crippen LogP contribution in [0.15, 0.2) is 0 Å². The van der Waals surface area contributed by atoms with Crippen LogP contribution in [0.3, 0.4) is 0 Å². The Hall–Kier alpha value is -1.66. The number of nitrogens with zero attached hydrogens (tertiary/aromatic N) is 1. The van der Waals surface area contributed by atoms with Gasteiger partial charge in [0, 0.05) is 36.9 Å². The Kier molecular flexibility index (Phi) is 5.83. The summed E-state index contributed by atoms with van der Waals surface area (Å²) in [4.78, 5) is 29.5. The van der Waals surface area contributed by atoms with E-state index in [2.05, 4.69) is 36.0 Å². The Morgan fingerprint density at radius 1 is 1.29 bits per heavy atom. The van der Waals surface area contributed by atoms with E-state index in [4.69, 9.17) is 4.74 Å². The molecule has 1 aliphatic heterocycles. The summed E-state index contributed by atoms with van der Waals surface area (Å²) in [5.74, 6) is -0.186. The molecule has 1 amide bonds. The van der Waals surface area contributed by atoms with Gasteiger partial charge in [-0.05, 0) is 47.1 Å². The molecule has 134 valence electrons. The fraction of sp³-hybridized carbons (Fsp3) is 0.667. The third kappa shape index (κ3) is 4.05. The van der Waals surface area contributed by atoms with Gasteiger partial charge in [-0.25, -0.2) is 0 Å². The quantitative estimate of drug-likeness (QED) is 0.808. The summed E-state index contributed by atoms with van der Waals surface area (Å²) < 4.78 is 5.75. The van der Waals surface area contributed by atoms with Crippen molar-refractivity contribution in [2.75, 3.05) is 19.6 Å². The largest absolute Gasteiger partial charge is 0.373 e. The maximum absolute atomic E-state index is 12.5. The lowest BCUT2D eigenvalue weighted by molar-refractivity contribution is -0.0778. The standard InChI is InChI=1S/C18H29N3O3/c1-10(21-8-11(2)24-12(3)9-21)7-19-18(23)17-13(4)16(15(6)22)14(5)20-17/h10-12,20H,7-9H2,1-6H3,(H,19,23). The molecule has 0 spiro atoms. The third-order valence-electron chi connectivity index (χ3n) is 4.65. The summed E-state index contributed by atoms with van der Waals surface area (Å²) in [5, 5.41) is 2.98. The van der Waals surface area contributed by atoms with Crippen molar-refractivity contribution in [3.8, 4) is 0 Å². The number of hydrogen-bond acceptors (Lipinski definition) is 4. The Morgan fingerprint density at radius 3 is 2.38 bits per heavy atom. The van der Waals surface area contributed by atoms with E-state index < -0.39 is 0 Å². The number of H-pyrrole nitrogens is 1. The van der Waals surface area contributed by atoms with Crippen LogP contribution in [0.25, 0.3) is 0 Å². The van der Waals surface area contributed by atoms with Crippen molar-refractivity contribution >= 4 is 11.7 Å². The number of carbonyl (C=O) groups excluding carboxylic acids is 2. The molecule has 3 atom stereocenters. The average molecular weight is 335 g/mol. The Labute approximate surface area is 143 Å². The predicted molar refractivity (Wildman–Crippen MR) is 93.6 cm³/mol. The number of ether oxygens (including phenoxy) is 1. The monoisotopic (exact) mass is 335 g/mol. The van der Waals surface area contributed by atoms with Crippen molar-refractivity contribution in [1.29, 1.82) is 0 Å². The van der Waals surface area contributed by atoms with Crippen LogP contribution in [-0.2, 0) is 4.74 Å². The highest BCUT2D eigenvalue weighted by Gasteiger charge is 2.26. The van der Waals surface area contributed by atoms with Crippen molar-refractivity contribution in [2.45, 2.75) is 59.8 Å². The summed E-state index contributed by atoms with van der Waals surface area (Å²) in [6.45, 7) is 13.7. The van der Waals surface area contributed by atoms with Gasteiger partial charge in [-0.1, -0.05) is 0 Å². The van der Waals surface area contributed by atoms with Crippen LogP contribution in [-0.4, -0.2) is 59.5 Å². The number of Topliss-reactive ketones (excluding diaryl/α,β-unsaturated/α-hetero) is 1. The van der Waals surface area contributed by atoms with Crippen molar-refractivity contribution in [3.05, 3.63) is 22.5 Å². The number of aryl methyl sites for hydroxylation is 1. The van der Waals surface area contributed by atoms with Crippen molar-refractivity contribution < 1.29 is 14.3 Å². The van der Waals surface area contributed by atoms with Crippen molar-refractivity contribution in [3.63, 3.8) is 0 Å². The molecule has 6 heteroatoms. The summed E-state index contributed by atoms with van der Waals surface area (Å²) >= 11 is 0. The second kappa shape index (κ2) is 7.49. The number of ketones is 1. The molecule has 24 heavy (non-hydrogen) atoms. The minimum Gasteiger partial charge on any atom is -0.373 e. The number of amides is 1. The van der Waals surface area contributed by atoms with E-state index in [0.29, 0.717) is 17.8 Å². The maximum atomic E-state index is 12.5. The molecule has 0 radical (unpaired) electrons. The summed E-state index contributed by atoms with van der Waals surface area (Å²) in [5.41, 5.74) is 2.56. The molecule has 1 aromatic rings. The molecule has 1 aliphatic rings. The fourth-order valence-corrected chi connectivity index (χ4v) is 3.54. The van der Waals surface area contributed by atoms with Gasteiger partial charge in [-0.2, -0.15) is 0 Å². The molecule has 2 rings (SSSR count). The zero-order chi connectivity index (χ0) is 18.0. The lowest BCUT2D eigenvalue weighted by atomic mass is 10.1. The van der Waals surface area contributed by atoms with Crippen molar-refractivity contribution in [1.82, 2.24) is 15.2 Å². The lowest BCUT2D eigenvalue weighted by Crippen LogP contribution is -2.52. The summed E-state index contributed by atoms with van der Waals surface area (Å²) in [7, 11) is 0. The first-order valence-electron chi connectivity index (χ1n) is 8.58. The van der Waals surface area contributed by atoms with Crippen LogP contribution >= 0.6 is 0 Å². The molecule has 3 unspecified atom stereocenters. The molecule has 1 aromatic heterocycles. The maximum Gasteiger partial charge on any atom is 0.268 e. The summed E-state index contributed by atoms with van der Waals surface area (Å²) in [6.07, 6.45) is 0.414. The normalized spacial score (nSPS) is 23.1. The number of nitrogens with one attached hydrogen (secondary N) is 2. The highest BCUT2D eigenvalue weighted by Crippen LogP contribution is 2.18. The number of hydrogen-bond donors (Lipinski definition) is 2. The highest BCUT2D eigenvalue weighted by atomic mass is 16.5. The lowest BCUT2D eigenvalue weighted by Gasteiger charge is -2.38. The molecule has 0 saturated carbocycles. The zero-order valence-electron chi connectivity index (χ0n) is 15.5. The first-order chi connectivity index (χ1) is 11.2. The Balaban J connectivity index is 1.98. The Bertz CT molecular complexity index is 613. The second-order valence-corrected chi connectivity index (χ2v) is 6.95. The SMILES string of the molecule is CC(=O)c1c(C)[nH]c(C(=O)NCC(C)N2CC(C)OC(C)C2)c1C. The van der Waals surface area contributed by atoms with E-state index >= 15 is 0 Å². The molecule has 1 fully saturated rings. The van der Waals surface area contributed by atoms with Crippen molar-refractivity contribution in [2.24, 2.45) is 0 Å². The topological polar surface area (TPSA) is 74.4 Å². The van der Waals surface area contributed by atoms with Crippen LogP contribution in [0.5, 0.6) is 0 Å². The van der Waals surface area contributed by atoms with Gasteiger partial charge >= 0.3 is 0 Å². The number of carbonyl (C=O) groups is 2. The van der Waals surface area contributed by atoms with Gasteiger partial charge in [-0.15, -0.1) is 0 Å². The first kappa shape index (κ1) is 18.7. The summed E-state index contributed by atoms with van der Waals surface area (Å²) in [6, 6.07) is 0.228. The molecule has 2 heterocycles. The zero-order valence-corrected chi connectivity index (χ0v) is 15.5. The highest BCUT2D eigenvalue weighted by molar-refractivity contribution is 6.02. The number of morpholine rings is 1. The molecule has 6 nitrogen and oxygen atoms in total. The number of aromatic amines is 1. The van der Waals surface area contributed by atoms with Gasteiger partial charge in [0.15, 0.2) is 5.78 Å². The minimum absolute atomic E-state index is 0.0232. The first-order valence-corrected chi connectivity index (χ1v) is 8.58. The van der Waals surface area contributed by atoms with Crippen LogP contribution < -0.4 is 5.32 Å². The van der Waals surface area contributed by atoms with Gasteiger partial charge in [0.2, 0.25) is 0 Å². The molecule has 2 N–H and O–H groups in total. The number of rotatable bonds is 5. The predicted octanol–water partition coefficient (Wildman–Crippen LogP) is 2.06. The Morgan fingerprint density at radius 2 is 1.88 bits per heavy atom. The van der Waals surface area contributed by atoms with E-state index in [0.717, 1.165) is 24.3 Å². The van der Waals surface area contributed by atoms with E-state index in [-0.39, 0.29) is 29.9 Å². The van der Waals surface area contributed by atoms with Crippen LogP contribution in [0.4, 0.5) is 0 Å². The van der Waals surface area contributed by atoms with E-state index in [9.17, 15) is 9.59 Å².